The Morgan fingerprint density at radius 2 is 1.89 bits per heavy atom. The van der Waals surface area contributed by atoms with Gasteiger partial charge in [-0.25, -0.2) is 4.39 Å². The molecule has 18 heavy (non-hydrogen) atoms. The first-order valence-electron chi connectivity index (χ1n) is 5.38. The lowest BCUT2D eigenvalue weighted by Crippen LogP contribution is -1.92. The molecular weight excluding hydrogens is 363 g/mol. The SMILES string of the molecule is Cc1cc(F)ccc1Oc1cc(Br)ccc1CBr. The number of rotatable bonds is 3. The van der Waals surface area contributed by atoms with Crippen molar-refractivity contribution in [3.63, 3.8) is 0 Å². The van der Waals surface area contributed by atoms with Gasteiger partial charge in [0.05, 0.1) is 0 Å². The monoisotopic (exact) mass is 372 g/mol. The van der Waals surface area contributed by atoms with Gasteiger partial charge in [0.25, 0.3) is 0 Å². The molecule has 2 aromatic carbocycles. The highest BCUT2D eigenvalue weighted by atomic mass is 79.9. The molecule has 0 N–H and O–H groups in total. The number of aryl methyl sites for hydroxylation is 1. The van der Waals surface area contributed by atoms with Crippen molar-refractivity contribution in [2.24, 2.45) is 0 Å². The third-order valence-electron chi connectivity index (χ3n) is 2.53. The van der Waals surface area contributed by atoms with Crippen molar-refractivity contribution >= 4 is 31.9 Å². The fourth-order valence-electron chi connectivity index (χ4n) is 1.58. The van der Waals surface area contributed by atoms with Crippen LogP contribution in [0.4, 0.5) is 4.39 Å². The Balaban J connectivity index is 2.36. The van der Waals surface area contributed by atoms with Crippen LogP contribution in [0, 0.1) is 12.7 Å². The maximum atomic E-state index is 13.0. The number of alkyl halides is 1. The summed E-state index contributed by atoms with van der Waals surface area (Å²) in [5.41, 5.74) is 1.82. The van der Waals surface area contributed by atoms with Crippen LogP contribution in [-0.4, -0.2) is 0 Å². The zero-order valence-corrected chi connectivity index (χ0v) is 12.9. The van der Waals surface area contributed by atoms with E-state index in [0.717, 1.165) is 21.3 Å². The standard InChI is InChI=1S/C14H11Br2FO/c1-9-6-12(17)4-5-13(9)18-14-7-11(16)3-2-10(14)8-15/h2-7H,8H2,1H3. The molecule has 0 unspecified atom stereocenters. The van der Waals surface area contributed by atoms with Gasteiger partial charge in [-0.3, -0.25) is 0 Å². The van der Waals surface area contributed by atoms with Gasteiger partial charge >= 0.3 is 0 Å². The highest BCUT2D eigenvalue weighted by molar-refractivity contribution is 9.10. The van der Waals surface area contributed by atoms with Gasteiger partial charge in [0, 0.05) is 15.4 Å². The Hall–Kier alpha value is -0.870. The molecule has 94 valence electrons. The summed E-state index contributed by atoms with van der Waals surface area (Å²) >= 11 is 6.83. The molecule has 0 fully saturated rings. The zero-order valence-electron chi connectivity index (χ0n) is 9.71. The Bertz CT molecular complexity index is 570. The number of ether oxygens (including phenoxy) is 1. The molecule has 2 aromatic rings. The van der Waals surface area contributed by atoms with Crippen LogP contribution < -0.4 is 4.74 Å². The molecule has 0 saturated heterocycles. The second-order valence-electron chi connectivity index (χ2n) is 3.90. The largest absolute Gasteiger partial charge is 0.457 e. The third kappa shape index (κ3) is 3.12. The van der Waals surface area contributed by atoms with Crippen LogP contribution in [0.1, 0.15) is 11.1 Å². The highest BCUT2D eigenvalue weighted by Gasteiger charge is 2.07. The van der Waals surface area contributed by atoms with Crippen LogP contribution >= 0.6 is 31.9 Å². The van der Waals surface area contributed by atoms with E-state index < -0.39 is 0 Å². The molecule has 0 aromatic heterocycles. The van der Waals surface area contributed by atoms with Crippen LogP contribution in [0.2, 0.25) is 0 Å². The normalized spacial score (nSPS) is 10.4. The fourth-order valence-corrected chi connectivity index (χ4v) is 2.38. The van der Waals surface area contributed by atoms with Crippen LogP contribution in [0.3, 0.4) is 0 Å². The molecule has 4 heteroatoms. The molecule has 0 saturated carbocycles. The molecule has 1 nitrogen and oxygen atoms in total. The fraction of sp³-hybridized carbons (Fsp3) is 0.143. The van der Waals surface area contributed by atoms with Gasteiger partial charge in [-0.1, -0.05) is 37.9 Å². The Kier molecular flexibility index (Phi) is 4.40. The first-order valence-corrected chi connectivity index (χ1v) is 7.30. The van der Waals surface area contributed by atoms with Crippen molar-refractivity contribution in [3.8, 4) is 11.5 Å². The lowest BCUT2D eigenvalue weighted by Gasteiger charge is -2.12. The van der Waals surface area contributed by atoms with E-state index >= 15 is 0 Å². The van der Waals surface area contributed by atoms with Crippen molar-refractivity contribution in [2.75, 3.05) is 0 Å². The molecule has 0 heterocycles. The number of hydrogen-bond acceptors (Lipinski definition) is 1. The third-order valence-corrected chi connectivity index (χ3v) is 3.63. The second-order valence-corrected chi connectivity index (χ2v) is 5.37. The smallest absolute Gasteiger partial charge is 0.132 e. The summed E-state index contributed by atoms with van der Waals surface area (Å²) in [6.07, 6.45) is 0. The summed E-state index contributed by atoms with van der Waals surface area (Å²) in [7, 11) is 0. The van der Waals surface area contributed by atoms with Crippen molar-refractivity contribution in [2.45, 2.75) is 12.3 Å². The molecule has 2 rings (SSSR count). The number of benzene rings is 2. The van der Waals surface area contributed by atoms with Crippen molar-refractivity contribution in [3.05, 3.63) is 57.8 Å². The minimum Gasteiger partial charge on any atom is -0.457 e. The highest BCUT2D eigenvalue weighted by Crippen LogP contribution is 2.31. The van der Waals surface area contributed by atoms with Gasteiger partial charge in [-0.15, -0.1) is 0 Å². The summed E-state index contributed by atoms with van der Waals surface area (Å²) < 4.78 is 19.8. The Labute approximate surface area is 122 Å². The van der Waals surface area contributed by atoms with Crippen LogP contribution in [0.15, 0.2) is 40.9 Å². The molecule has 0 radical (unpaired) electrons. The Morgan fingerprint density at radius 3 is 2.56 bits per heavy atom. The van der Waals surface area contributed by atoms with Crippen LogP contribution in [0.25, 0.3) is 0 Å². The molecule has 0 aliphatic heterocycles. The van der Waals surface area contributed by atoms with Gasteiger partial charge in [-0.2, -0.15) is 0 Å². The van der Waals surface area contributed by atoms with E-state index in [9.17, 15) is 4.39 Å². The summed E-state index contributed by atoms with van der Waals surface area (Å²) in [6, 6.07) is 10.3. The molecule has 0 aliphatic carbocycles. The summed E-state index contributed by atoms with van der Waals surface area (Å²) in [5.74, 6) is 1.17. The molecule has 0 aliphatic rings. The Morgan fingerprint density at radius 1 is 1.11 bits per heavy atom. The molecule has 0 atom stereocenters. The minimum atomic E-state index is -0.255. The van der Waals surface area contributed by atoms with E-state index in [1.54, 1.807) is 6.07 Å². The average molecular weight is 374 g/mol. The second kappa shape index (κ2) is 5.85. The van der Waals surface area contributed by atoms with Gasteiger partial charge in [0.15, 0.2) is 0 Å². The predicted molar refractivity (Wildman–Crippen MR) is 78.0 cm³/mol. The number of halogens is 3. The van der Waals surface area contributed by atoms with E-state index in [0.29, 0.717) is 11.1 Å². The molecule has 0 bridgehead atoms. The molecule has 0 spiro atoms. The van der Waals surface area contributed by atoms with Gasteiger partial charge in [0.2, 0.25) is 0 Å². The van der Waals surface area contributed by atoms with Crippen LogP contribution in [0.5, 0.6) is 11.5 Å². The summed E-state index contributed by atoms with van der Waals surface area (Å²) in [6.45, 7) is 1.82. The summed E-state index contributed by atoms with van der Waals surface area (Å²) in [4.78, 5) is 0. The first-order chi connectivity index (χ1) is 8.60. The maximum absolute atomic E-state index is 13.0. The summed E-state index contributed by atoms with van der Waals surface area (Å²) in [5, 5.41) is 0.704. The van der Waals surface area contributed by atoms with Gasteiger partial charge < -0.3 is 4.74 Å². The van der Waals surface area contributed by atoms with Gasteiger partial charge in [0.1, 0.15) is 17.3 Å². The topological polar surface area (TPSA) is 9.23 Å². The lowest BCUT2D eigenvalue weighted by atomic mass is 10.2. The first kappa shape index (κ1) is 13.6. The van der Waals surface area contributed by atoms with Gasteiger partial charge in [-0.05, 0) is 42.8 Å². The van der Waals surface area contributed by atoms with Crippen molar-refractivity contribution in [1.82, 2.24) is 0 Å². The number of hydrogen-bond donors (Lipinski definition) is 0. The maximum Gasteiger partial charge on any atom is 0.132 e. The van der Waals surface area contributed by atoms with Crippen LogP contribution in [-0.2, 0) is 5.33 Å². The average Bonchev–Trinajstić information content (AvgIpc) is 2.33. The van der Waals surface area contributed by atoms with Crippen molar-refractivity contribution < 1.29 is 9.13 Å². The van der Waals surface area contributed by atoms with E-state index in [2.05, 4.69) is 31.9 Å². The van der Waals surface area contributed by atoms with E-state index in [1.165, 1.54) is 12.1 Å². The quantitative estimate of drug-likeness (QED) is 0.637. The molecular formula is C14H11Br2FO. The lowest BCUT2D eigenvalue weighted by molar-refractivity contribution is 0.472. The van der Waals surface area contributed by atoms with E-state index in [1.807, 2.05) is 25.1 Å². The predicted octanol–water partition coefficient (Wildman–Crippen LogP) is 5.58. The van der Waals surface area contributed by atoms with E-state index in [4.69, 9.17) is 4.74 Å². The zero-order chi connectivity index (χ0) is 13.1. The molecule has 0 amide bonds. The minimum absolute atomic E-state index is 0.255. The van der Waals surface area contributed by atoms with E-state index in [-0.39, 0.29) is 5.82 Å². The van der Waals surface area contributed by atoms with Crippen molar-refractivity contribution in [1.29, 1.82) is 0 Å².